The Hall–Kier alpha value is -3.06. The van der Waals surface area contributed by atoms with E-state index in [9.17, 15) is 13.8 Å². The summed E-state index contributed by atoms with van der Waals surface area (Å²) in [6.07, 6.45) is 3.27. The largest absolute Gasteiger partial charge is 0.350 e. The van der Waals surface area contributed by atoms with E-state index in [0.717, 1.165) is 24.0 Å². The van der Waals surface area contributed by atoms with E-state index in [0.29, 0.717) is 11.3 Å². The van der Waals surface area contributed by atoms with E-state index in [1.54, 1.807) is 6.26 Å². The molecule has 6 nitrogen and oxygen atoms in total. The van der Waals surface area contributed by atoms with E-state index in [4.69, 9.17) is 0 Å². The van der Waals surface area contributed by atoms with Crippen LogP contribution in [-0.4, -0.2) is 37.9 Å². The van der Waals surface area contributed by atoms with Gasteiger partial charge >= 0.3 is 0 Å². The minimum absolute atomic E-state index is 0.0164. The minimum Gasteiger partial charge on any atom is -0.350 e. The number of carbonyl (C=O) groups excluding carboxylic acids is 1. The van der Waals surface area contributed by atoms with Crippen LogP contribution >= 0.6 is 0 Å². The average molecular weight is 407 g/mol. The summed E-state index contributed by atoms with van der Waals surface area (Å²) in [5.74, 6) is -0.485. The second-order valence-corrected chi connectivity index (χ2v) is 8.98. The van der Waals surface area contributed by atoms with Crippen LogP contribution < -0.4 is 10.9 Å². The van der Waals surface area contributed by atoms with Gasteiger partial charge in [-0.05, 0) is 18.4 Å². The Labute approximate surface area is 170 Å². The summed E-state index contributed by atoms with van der Waals surface area (Å²) in [4.78, 5) is 25.8. The summed E-state index contributed by atoms with van der Waals surface area (Å²) in [5.41, 5.74) is 2.01. The molecule has 1 atom stereocenters. The van der Waals surface area contributed by atoms with Gasteiger partial charge in [0, 0.05) is 34.7 Å². The van der Waals surface area contributed by atoms with Gasteiger partial charge in [0.15, 0.2) is 0 Å². The zero-order chi connectivity index (χ0) is 20.4. The summed E-state index contributed by atoms with van der Waals surface area (Å²) >= 11 is 0. The number of rotatable bonds is 6. The predicted molar refractivity (Wildman–Crippen MR) is 114 cm³/mol. The van der Waals surface area contributed by atoms with Crippen LogP contribution in [0, 0.1) is 0 Å². The van der Waals surface area contributed by atoms with Crippen molar-refractivity contribution in [1.29, 1.82) is 0 Å². The highest BCUT2D eigenvalue weighted by Crippen LogP contribution is 2.40. The van der Waals surface area contributed by atoms with Crippen molar-refractivity contribution in [1.82, 2.24) is 15.5 Å². The van der Waals surface area contributed by atoms with Crippen LogP contribution in [0.25, 0.3) is 22.4 Å². The number of H-pyrrole nitrogens is 1. The third-order valence-corrected chi connectivity index (χ3v) is 7.08. The maximum atomic E-state index is 13.1. The van der Waals surface area contributed by atoms with Gasteiger partial charge in [-0.3, -0.25) is 13.8 Å². The Morgan fingerprint density at radius 1 is 1.07 bits per heavy atom. The molecule has 1 fully saturated rings. The van der Waals surface area contributed by atoms with E-state index in [2.05, 4.69) is 15.5 Å². The first kappa shape index (κ1) is 19.3. The molecule has 2 aromatic carbocycles. The predicted octanol–water partition coefficient (Wildman–Crippen LogP) is 2.74. The summed E-state index contributed by atoms with van der Waals surface area (Å²) < 4.78 is 11.6. The number of hydrogen-bond donors (Lipinski definition) is 2. The second kappa shape index (κ2) is 7.75. The molecule has 7 heteroatoms. The van der Waals surface area contributed by atoms with Crippen molar-refractivity contribution in [2.75, 3.05) is 12.8 Å². The third-order valence-electron chi connectivity index (χ3n) is 5.31. The molecule has 29 heavy (non-hydrogen) atoms. The van der Waals surface area contributed by atoms with Crippen molar-refractivity contribution in [2.24, 2.45) is 0 Å². The van der Waals surface area contributed by atoms with Crippen molar-refractivity contribution in [3.63, 3.8) is 0 Å². The highest BCUT2D eigenvalue weighted by atomic mass is 32.2. The summed E-state index contributed by atoms with van der Waals surface area (Å²) in [6.45, 7) is 0.283. The van der Waals surface area contributed by atoms with Crippen LogP contribution in [-0.2, 0) is 10.8 Å². The molecular weight excluding hydrogens is 386 g/mol. The quantitative estimate of drug-likeness (QED) is 0.657. The average Bonchev–Trinajstić information content (AvgIpc) is 3.54. The first-order valence-corrected chi connectivity index (χ1v) is 10.9. The second-order valence-electron chi connectivity index (χ2n) is 7.20. The lowest BCUT2D eigenvalue weighted by molar-refractivity contribution is 0.0952. The maximum absolute atomic E-state index is 13.1. The van der Waals surface area contributed by atoms with Gasteiger partial charge in [0.2, 0.25) is 0 Å². The zero-order valence-corrected chi connectivity index (χ0v) is 16.8. The van der Waals surface area contributed by atoms with Gasteiger partial charge in [-0.1, -0.05) is 60.7 Å². The first-order chi connectivity index (χ1) is 14.0. The molecular formula is C22H21N3O3S. The van der Waals surface area contributed by atoms with Gasteiger partial charge in [-0.15, -0.1) is 0 Å². The molecule has 0 spiro atoms. The van der Waals surface area contributed by atoms with E-state index >= 15 is 0 Å². The molecule has 148 valence electrons. The monoisotopic (exact) mass is 407 g/mol. The molecule has 1 aliphatic rings. The fourth-order valence-corrected chi connectivity index (χ4v) is 4.35. The smallest absolute Gasteiger partial charge is 0.277 e. The number of carbonyl (C=O) groups is 1. The van der Waals surface area contributed by atoms with Gasteiger partial charge < -0.3 is 5.32 Å². The minimum atomic E-state index is -1.03. The Bertz CT molecular complexity index is 1120. The fraction of sp³-hybridized carbons (Fsp3) is 0.227. The normalized spacial score (nSPS) is 15.5. The van der Waals surface area contributed by atoms with E-state index in [-0.39, 0.29) is 16.9 Å². The van der Waals surface area contributed by atoms with Gasteiger partial charge in [0.05, 0.1) is 10.4 Å². The fourth-order valence-electron chi connectivity index (χ4n) is 3.39. The van der Waals surface area contributed by atoms with Crippen LogP contribution in [0.1, 0.15) is 23.2 Å². The topological polar surface area (TPSA) is 91.9 Å². The highest BCUT2D eigenvalue weighted by molar-refractivity contribution is 7.86. The maximum Gasteiger partial charge on any atom is 0.277 e. The number of aromatic nitrogens is 2. The van der Waals surface area contributed by atoms with Crippen LogP contribution in [0.5, 0.6) is 0 Å². The number of amides is 1. The summed E-state index contributed by atoms with van der Waals surface area (Å²) in [6, 6.07) is 18.7. The molecule has 1 unspecified atom stereocenters. The number of hydrogen-bond acceptors (Lipinski definition) is 4. The van der Waals surface area contributed by atoms with Crippen molar-refractivity contribution in [2.45, 2.75) is 17.6 Å². The van der Waals surface area contributed by atoms with Crippen molar-refractivity contribution < 1.29 is 9.00 Å². The molecule has 0 saturated heterocycles. The Kier molecular flexibility index (Phi) is 5.15. The van der Waals surface area contributed by atoms with E-state index in [1.807, 2.05) is 60.7 Å². The molecule has 2 N–H and O–H groups in total. The SMILES string of the molecule is CS(=O)C1(CNC(=O)c2c(-c3ccccc3)c(-c3ccccc3)n[nH]c2=O)CC1. The lowest BCUT2D eigenvalue weighted by atomic mass is 9.95. The summed E-state index contributed by atoms with van der Waals surface area (Å²) in [5, 5.41) is 9.55. The zero-order valence-electron chi connectivity index (χ0n) is 16.0. The van der Waals surface area contributed by atoms with Crippen LogP contribution in [0.15, 0.2) is 65.5 Å². The molecule has 0 radical (unpaired) electrons. The number of aromatic amines is 1. The van der Waals surface area contributed by atoms with Gasteiger partial charge in [0.1, 0.15) is 5.56 Å². The third kappa shape index (κ3) is 3.78. The first-order valence-electron chi connectivity index (χ1n) is 9.37. The van der Waals surface area contributed by atoms with Crippen LogP contribution in [0.2, 0.25) is 0 Å². The van der Waals surface area contributed by atoms with Crippen molar-refractivity contribution >= 4 is 16.7 Å². The standard InChI is InChI=1S/C22H21N3O3S/c1-29(28)22(12-13-22)14-23-20(26)18-17(15-8-4-2-5-9-15)19(24-25-21(18)27)16-10-6-3-7-11-16/h2-11H,12-14H2,1H3,(H,23,26)(H,25,27). The molecule has 1 amide bonds. The lowest BCUT2D eigenvalue weighted by Crippen LogP contribution is -2.38. The molecule has 0 aliphatic heterocycles. The Morgan fingerprint density at radius 3 is 2.21 bits per heavy atom. The number of benzene rings is 2. The van der Waals surface area contributed by atoms with Gasteiger partial charge in [0.25, 0.3) is 11.5 Å². The van der Waals surface area contributed by atoms with Gasteiger partial charge in [-0.25, -0.2) is 5.10 Å². The van der Waals surface area contributed by atoms with E-state index < -0.39 is 22.3 Å². The molecule has 0 bridgehead atoms. The highest BCUT2D eigenvalue weighted by Gasteiger charge is 2.47. The molecule has 3 aromatic rings. The Morgan fingerprint density at radius 2 is 1.66 bits per heavy atom. The molecule has 4 rings (SSSR count). The van der Waals surface area contributed by atoms with E-state index in [1.165, 1.54) is 0 Å². The molecule has 1 aliphatic carbocycles. The lowest BCUT2D eigenvalue weighted by Gasteiger charge is -2.16. The molecule has 1 heterocycles. The van der Waals surface area contributed by atoms with Crippen LogP contribution in [0.3, 0.4) is 0 Å². The number of nitrogens with zero attached hydrogens (tertiary/aromatic N) is 1. The van der Waals surface area contributed by atoms with Gasteiger partial charge in [-0.2, -0.15) is 5.10 Å². The number of nitrogens with one attached hydrogen (secondary N) is 2. The molecule has 1 aromatic heterocycles. The summed E-state index contributed by atoms with van der Waals surface area (Å²) in [7, 11) is -1.03. The van der Waals surface area contributed by atoms with Crippen molar-refractivity contribution in [3.05, 3.63) is 76.6 Å². The molecule has 1 saturated carbocycles. The van der Waals surface area contributed by atoms with Crippen molar-refractivity contribution in [3.8, 4) is 22.4 Å². The van der Waals surface area contributed by atoms with Crippen LogP contribution in [0.4, 0.5) is 0 Å². The Balaban J connectivity index is 1.81.